The first kappa shape index (κ1) is 25.0. The molecular formula is C21H19F3N4O5S. The zero-order valence-corrected chi connectivity index (χ0v) is 18.5. The molecule has 34 heavy (non-hydrogen) atoms. The van der Waals surface area contributed by atoms with Crippen molar-refractivity contribution in [2.24, 2.45) is 13.0 Å². The number of nitrogens with one attached hydrogen (secondary N) is 2. The molecule has 1 aliphatic rings. The van der Waals surface area contributed by atoms with E-state index in [9.17, 15) is 28.0 Å². The number of halogens is 3. The number of rotatable bonds is 5. The number of fused-ring (bicyclic) bond motifs is 1. The molecule has 180 valence electrons. The van der Waals surface area contributed by atoms with E-state index in [1.165, 1.54) is 4.57 Å². The minimum Gasteiger partial charge on any atom is -0.475 e. The first-order valence-electron chi connectivity index (χ1n) is 9.89. The summed E-state index contributed by atoms with van der Waals surface area (Å²) in [6, 6.07) is 11.2. The van der Waals surface area contributed by atoms with Gasteiger partial charge in [-0.05, 0) is 35.9 Å². The molecule has 3 N–H and O–H groups in total. The van der Waals surface area contributed by atoms with E-state index in [0.717, 1.165) is 20.8 Å². The van der Waals surface area contributed by atoms with Gasteiger partial charge < -0.3 is 20.2 Å². The number of aromatic nitrogens is 1. The highest BCUT2D eigenvalue weighted by Gasteiger charge is 2.38. The van der Waals surface area contributed by atoms with Gasteiger partial charge in [0.15, 0.2) is 5.58 Å². The Kier molecular flexibility index (Phi) is 7.43. The molecule has 4 rings (SSSR count). The molecule has 0 saturated carbocycles. The lowest BCUT2D eigenvalue weighted by atomic mass is 10.0. The van der Waals surface area contributed by atoms with Gasteiger partial charge in [-0.3, -0.25) is 9.36 Å². The zero-order valence-electron chi connectivity index (χ0n) is 17.7. The van der Waals surface area contributed by atoms with Crippen molar-refractivity contribution in [3.8, 4) is 16.5 Å². The molecular weight excluding hydrogens is 477 g/mol. The minimum absolute atomic E-state index is 0.0342. The zero-order chi connectivity index (χ0) is 25.0. The molecule has 0 aliphatic carbocycles. The van der Waals surface area contributed by atoms with Crippen molar-refractivity contribution in [1.82, 2.24) is 15.2 Å². The summed E-state index contributed by atoms with van der Waals surface area (Å²) in [6.45, 7) is 1.35. The number of carbonyl (C=O) groups is 2. The van der Waals surface area contributed by atoms with Crippen LogP contribution in [0.3, 0.4) is 0 Å². The maximum absolute atomic E-state index is 12.0. The molecule has 0 spiro atoms. The smallest absolute Gasteiger partial charge is 0.475 e. The fourth-order valence-corrected chi connectivity index (χ4v) is 4.07. The summed E-state index contributed by atoms with van der Waals surface area (Å²) >= 11 is 1.57. The highest BCUT2D eigenvalue weighted by Crippen LogP contribution is 2.31. The Labute approximate surface area is 194 Å². The number of hydrogen-bond donors (Lipinski definition) is 3. The normalized spacial score (nSPS) is 14.4. The number of aryl methyl sites for hydroxylation is 1. The fourth-order valence-electron chi connectivity index (χ4n) is 3.02. The predicted octanol–water partition coefficient (Wildman–Crippen LogP) is 2.26. The Morgan fingerprint density at radius 1 is 1.35 bits per heavy atom. The maximum Gasteiger partial charge on any atom is 0.490 e. The molecule has 3 aromatic rings. The summed E-state index contributed by atoms with van der Waals surface area (Å²) in [5, 5.41) is 22.4. The van der Waals surface area contributed by atoms with E-state index in [1.54, 1.807) is 24.5 Å². The number of carboxylic acid groups (broad SMARTS) is 1. The van der Waals surface area contributed by atoms with Crippen LogP contribution in [0.15, 0.2) is 39.5 Å². The van der Waals surface area contributed by atoms with E-state index in [-0.39, 0.29) is 17.6 Å². The third kappa shape index (κ3) is 5.83. The average Bonchev–Trinajstić information content (AvgIpc) is 3.30. The highest BCUT2D eigenvalue weighted by atomic mass is 32.1. The molecule has 9 nitrogen and oxygen atoms in total. The summed E-state index contributed by atoms with van der Waals surface area (Å²) in [7, 11) is 1.68. The van der Waals surface area contributed by atoms with E-state index in [0.29, 0.717) is 25.1 Å². The van der Waals surface area contributed by atoms with Crippen LogP contribution in [-0.2, 0) is 23.1 Å². The second kappa shape index (κ2) is 10.1. The summed E-state index contributed by atoms with van der Waals surface area (Å²) in [5.41, 5.74) is 2.28. The van der Waals surface area contributed by atoms with Crippen LogP contribution in [0.1, 0.15) is 4.88 Å². The lowest BCUT2D eigenvalue weighted by Gasteiger charge is -2.26. The molecule has 1 atom stereocenters. The second-order valence-corrected chi connectivity index (χ2v) is 8.60. The van der Waals surface area contributed by atoms with E-state index >= 15 is 0 Å². The van der Waals surface area contributed by atoms with Gasteiger partial charge >= 0.3 is 17.9 Å². The number of amides is 1. The molecule has 1 fully saturated rings. The Balaban J connectivity index is 0.000000406. The molecule has 3 heterocycles. The van der Waals surface area contributed by atoms with Crippen LogP contribution in [0.4, 0.5) is 13.2 Å². The number of hydrogen-bond acceptors (Lipinski definition) is 7. The van der Waals surface area contributed by atoms with Crippen LogP contribution < -0.4 is 16.4 Å². The van der Waals surface area contributed by atoms with Crippen LogP contribution in [0.25, 0.3) is 21.5 Å². The third-order valence-electron chi connectivity index (χ3n) is 5.01. The largest absolute Gasteiger partial charge is 0.490 e. The highest BCUT2D eigenvalue weighted by molar-refractivity contribution is 7.15. The van der Waals surface area contributed by atoms with Crippen molar-refractivity contribution in [2.75, 3.05) is 13.1 Å². The number of oxazole rings is 1. The fraction of sp³-hybridized carbons (Fsp3) is 0.333. The van der Waals surface area contributed by atoms with Crippen molar-refractivity contribution >= 4 is 34.3 Å². The summed E-state index contributed by atoms with van der Waals surface area (Å²) in [6.07, 6.45) is -4.61. The Bertz CT molecular complexity index is 1300. The third-order valence-corrected chi connectivity index (χ3v) is 6.17. The van der Waals surface area contributed by atoms with Gasteiger partial charge in [0.05, 0.1) is 17.5 Å². The van der Waals surface area contributed by atoms with E-state index in [2.05, 4.69) is 16.7 Å². The van der Waals surface area contributed by atoms with Gasteiger partial charge in [0.25, 0.3) is 0 Å². The molecule has 1 saturated heterocycles. The number of nitrogens with zero attached hydrogens (tertiary/aromatic N) is 2. The molecule has 1 amide bonds. The molecule has 1 aromatic carbocycles. The van der Waals surface area contributed by atoms with Gasteiger partial charge in [-0.25, -0.2) is 9.59 Å². The average molecular weight is 496 g/mol. The van der Waals surface area contributed by atoms with Gasteiger partial charge in [-0.15, -0.1) is 11.3 Å². The predicted molar refractivity (Wildman–Crippen MR) is 116 cm³/mol. The quantitative estimate of drug-likeness (QED) is 0.493. The van der Waals surface area contributed by atoms with Crippen LogP contribution in [0.5, 0.6) is 0 Å². The van der Waals surface area contributed by atoms with Gasteiger partial charge in [0.1, 0.15) is 6.04 Å². The van der Waals surface area contributed by atoms with E-state index < -0.39 is 18.2 Å². The molecule has 13 heteroatoms. The van der Waals surface area contributed by atoms with Crippen molar-refractivity contribution in [3.05, 3.63) is 45.8 Å². The van der Waals surface area contributed by atoms with Crippen molar-refractivity contribution in [1.29, 1.82) is 5.26 Å². The van der Waals surface area contributed by atoms with Crippen LogP contribution in [-0.4, -0.2) is 46.9 Å². The summed E-state index contributed by atoms with van der Waals surface area (Å²) in [5.74, 6) is -3.24. The maximum atomic E-state index is 12.0. The Morgan fingerprint density at radius 2 is 2.03 bits per heavy atom. The number of nitriles is 1. The topological polar surface area (TPSA) is 137 Å². The van der Waals surface area contributed by atoms with Gasteiger partial charge in [-0.2, -0.15) is 18.4 Å². The summed E-state index contributed by atoms with van der Waals surface area (Å²) in [4.78, 5) is 34.6. The van der Waals surface area contributed by atoms with Crippen LogP contribution >= 0.6 is 11.3 Å². The molecule has 0 bridgehead atoms. The van der Waals surface area contributed by atoms with Gasteiger partial charge in [-0.1, -0.05) is 0 Å². The van der Waals surface area contributed by atoms with Crippen LogP contribution in [0, 0.1) is 17.2 Å². The molecule has 2 aromatic heterocycles. The SMILES string of the molecule is Cn1c(=O)oc2ccc(-c3ccc(C[C@@H](C#N)NC(=O)C4CNC4)s3)cc21.O=C(O)C(F)(F)F. The second-order valence-electron chi connectivity index (χ2n) is 7.43. The molecule has 1 aliphatic heterocycles. The Morgan fingerprint density at radius 3 is 2.59 bits per heavy atom. The molecule has 0 radical (unpaired) electrons. The van der Waals surface area contributed by atoms with Crippen LogP contribution in [0.2, 0.25) is 0 Å². The number of thiophene rings is 1. The van der Waals surface area contributed by atoms with Gasteiger partial charge in [0.2, 0.25) is 5.91 Å². The number of carbonyl (C=O) groups excluding carboxylic acids is 1. The summed E-state index contributed by atoms with van der Waals surface area (Å²) < 4.78 is 38.4. The van der Waals surface area contributed by atoms with Crippen molar-refractivity contribution < 1.29 is 32.3 Å². The lowest BCUT2D eigenvalue weighted by Crippen LogP contribution is -2.52. The standard InChI is InChI=1S/C19H18N4O3S.C2HF3O2/c1-23-15-6-11(2-4-16(15)26-19(23)25)17-5-3-14(27-17)7-13(8-20)22-18(24)12-9-21-10-12;3-2(4,5)1(6)7/h2-6,12-13,21H,7,9-10H2,1H3,(H,22,24);(H,6,7)/t13-;/m0./s1. The number of alkyl halides is 3. The first-order chi connectivity index (χ1) is 16.0. The lowest BCUT2D eigenvalue weighted by molar-refractivity contribution is -0.192. The first-order valence-corrected chi connectivity index (χ1v) is 10.7. The minimum atomic E-state index is -5.08. The monoisotopic (exact) mass is 496 g/mol. The number of carboxylic acids is 1. The molecule has 0 unspecified atom stereocenters. The van der Waals surface area contributed by atoms with Crippen molar-refractivity contribution in [3.63, 3.8) is 0 Å². The van der Waals surface area contributed by atoms with Gasteiger partial charge in [0, 0.05) is 36.3 Å². The van der Waals surface area contributed by atoms with E-state index in [1.807, 2.05) is 24.3 Å². The Hall–Kier alpha value is -3.63. The van der Waals surface area contributed by atoms with Crippen molar-refractivity contribution in [2.45, 2.75) is 18.6 Å². The van der Waals surface area contributed by atoms with E-state index in [4.69, 9.17) is 14.3 Å². The number of aliphatic carboxylic acids is 1. The number of benzene rings is 1.